The van der Waals surface area contributed by atoms with Gasteiger partial charge in [-0.05, 0) is 12.5 Å². The highest BCUT2D eigenvalue weighted by Crippen LogP contribution is 2.43. The molecule has 0 radical (unpaired) electrons. The third kappa shape index (κ3) is 19.3. The molecular weight excluding hydrogens is 403 g/mol. The predicted molar refractivity (Wildman–Crippen MR) is 123 cm³/mol. The van der Waals surface area contributed by atoms with E-state index < -0.39 is 7.82 Å². The average molecular weight is 450 g/mol. The Balaban J connectivity index is 3.68. The van der Waals surface area contributed by atoms with Crippen LogP contribution in [0.4, 0.5) is 0 Å². The van der Waals surface area contributed by atoms with Gasteiger partial charge in [0.15, 0.2) is 0 Å². The molecule has 1 atom stereocenters. The minimum absolute atomic E-state index is 0.151. The normalized spacial score (nSPS) is 13.7. The Labute approximate surface area is 184 Å². The number of phosphoric acid groups is 1. The van der Waals surface area contributed by atoms with Crippen LogP contribution in [0.15, 0.2) is 12.7 Å². The van der Waals surface area contributed by atoms with Gasteiger partial charge < -0.3 is 14.7 Å². The lowest BCUT2D eigenvalue weighted by molar-refractivity contribution is -0.890. The van der Waals surface area contributed by atoms with Crippen molar-refractivity contribution >= 4 is 13.7 Å². The monoisotopic (exact) mass is 449 g/mol. The minimum Gasteiger partial charge on any atom is -0.352 e. The third-order valence-corrected chi connectivity index (χ3v) is 6.15. The Bertz CT molecular complexity index is 500. The zero-order chi connectivity index (χ0) is 22.7. The quantitative estimate of drug-likeness (QED) is 0.114. The summed E-state index contributed by atoms with van der Waals surface area (Å²) in [7, 11) is 0.0563. The van der Waals surface area contributed by atoms with Crippen molar-refractivity contribution in [3.63, 3.8) is 0 Å². The van der Waals surface area contributed by atoms with Crippen molar-refractivity contribution in [1.82, 2.24) is 5.32 Å². The van der Waals surface area contributed by atoms with Gasteiger partial charge >= 0.3 is 7.82 Å². The molecule has 0 saturated heterocycles. The van der Waals surface area contributed by atoms with E-state index in [1.54, 1.807) is 0 Å². The van der Waals surface area contributed by atoms with E-state index in [1.807, 2.05) is 14.1 Å². The van der Waals surface area contributed by atoms with Gasteiger partial charge in [-0.1, -0.05) is 71.3 Å². The Morgan fingerprint density at radius 1 is 0.933 bits per heavy atom. The first kappa shape index (κ1) is 29.3. The summed E-state index contributed by atoms with van der Waals surface area (Å²) in [6, 6.07) is 0. The fraction of sp³-hybridized carbons (Fsp3) is 0.864. The SMILES string of the molecule is C=CC(=O)NCCC[N+](C)(C)CCOP(=O)(O)OCCCCCCCCCCCC. The van der Waals surface area contributed by atoms with E-state index in [1.165, 1.54) is 51.0 Å². The molecule has 0 aliphatic heterocycles. The van der Waals surface area contributed by atoms with Crippen LogP contribution in [0.3, 0.4) is 0 Å². The molecule has 0 saturated carbocycles. The number of unbranched alkanes of at least 4 members (excludes halogenated alkanes) is 9. The standard InChI is InChI=1S/C22H45N2O5P/c1-5-7-8-9-10-11-12-13-14-15-20-28-30(26,27)29-21-19-24(3,4)18-16-17-23-22(25)6-2/h6H,2,5,7-21H2,1,3-4H3,(H-,23,25,26,27)/p+1. The number of phosphoric ester groups is 1. The Morgan fingerprint density at radius 2 is 1.47 bits per heavy atom. The van der Waals surface area contributed by atoms with Gasteiger partial charge in [-0.25, -0.2) is 4.57 Å². The first-order chi connectivity index (χ1) is 14.2. The van der Waals surface area contributed by atoms with E-state index in [9.17, 15) is 14.3 Å². The number of rotatable bonds is 21. The molecule has 0 aliphatic rings. The molecule has 0 fully saturated rings. The maximum atomic E-state index is 12.0. The summed E-state index contributed by atoms with van der Waals surface area (Å²) in [6.45, 7) is 8.03. The average Bonchev–Trinajstić information content (AvgIpc) is 2.68. The van der Waals surface area contributed by atoms with Crippen molar-refractivity contribution in [2.45, 2.75) is 77.6 Å². The Kier molecular flexibility index (Phi) is 17.5. The maximum absolute atomic E-state index is 12.0. The molecule has 0 aromatic heterocycles. The summed E-state index contributed by atoms with van der Waals surface area (Å²) in [5.41, 5.74) is 0. The van der Waals surface area contributed by atoms with E-state index in [2.05, 4.69) is 18.8 Å². The fourth-order valence-corrected chi connectivity index (χ4v) is 3.86. The molecule has 30 heavy (non-hydrogen) atoms. The van der Waals surface area contributed by atoms with Gasteiger partial charge in [-0.3, -0.25) is 13.8 Å². The maximum Gasteiger partial charge on any atom is 0.472 e. The molecule has 0 spiro atoms. The molecule has 178 valence electrons. The van der Waals surface area contributed by atoms with Crippen molar-refractivity contribution in [1.29, 1.82) is 0 Å². The second kappa shape index (κ2) is 17.9. The first-order valence-electron chi connectivity index (χ1n) is 11.6. The molecule has 1 unspecified atom stereocenters. The number of amides is 1. The summed E-state index contributed by atoms with van der Waals surface area (Å²) < 4.78 is 22.8. The summed E-state index contributed by atoms with van der Waals surface area (Å²) in [4.78, 5) is 20.9. The van der Waals surface area contributed by atoms with Crippen molar-refractivity contribution in [3.05, 3.63) is 12.7 Å². The largest absolute Gasteiger partial charge is 0.472 e. The molecule has 0 rings (SSSR count). The van der Waals surface area contributed by atoms with Crippen LogP contribution < -0.4 is 5.32 Å². The molecule has 0 bridgehead atoms. The van der Waals surface area contributed by atoms with Crippen LogP contribution in [0.2, 0.25) is 0 Å². The number of carbonyl (C=O) groups is 1. The van der Waals surface area contributed by atoms with E-state index in [0.717, 1.165) is 32.2 Å². The smallest absolute Gasteiger partial charge is 0.352 e. The zero-order valence-corrected chi connectivity index (χ0v) is 20.5. The van der Waals surface area contributed by atoms with Crippen LogP contribution in [0.1, 0.15) is 77.6 Å². The number of carbonyl (C=O) groups excluding carboxylic acids is 1. The number of quaternary nitrogens is 1. The molecule has 0 aliphatic carbocycles. The van der Waals surface area contributed by atoms with Crippen molar-refractivity contribution in [3.8, 4) is 0 Å². The Hall–Kier alpha value is -0.720. The summed E-state index contributed by atoms with van der Waals surface area (Å²) >= 11 is 0. The molecule has 0 aromatic carbocycles. The van der Waals surface area contributed by atoms with Gasteiger partial charge in [0.1, 0.15) is 13.2 Å². The van der Waals surface area contributed by atoms with Crippen LogP contribution in [-0.4, -0.2) is 62.2 Å². The number of nitrogens with one attached hydrogen (secondary N) is 1. The predicted octanol–water partition coefficient (Wildman–Crippen LogP) is 4.81. The molecular formula is C22H46N2O5P+. The lowest BCUT2D eigenvalue weighted by Gasteiger charge is -2.29. The van der Waals surface area contributed by atoms with Crippen molar-refractivity contribution < 1.29 is 27.8 Å². The zero-order valence-electron chi connectivity index (χ0n) is 19.6. The Morgan fingerprint density at radius 3 is 2.03 bits per heavy atom. The van der Waals surface area contributed by atoms with Gasteiger partial charge in [-0.2, -0.15) is 0 Å². The number of hydrogen-bond donors (Lipinski definition) is 2. The number of hydrogen-bond acceptors (Lipinski definition) is 4. The van der Waals surface area contributed by atoms with Crippen molar-refractivity contribution in [2.75, 3.05) is 46.9 Å². The second-order valence-electron chi connectivity index (χ2n) is 8.55. The van der Waals surface area contributed by atoms with Gasteiger partial charge in [-0.15, -0.1) is 0 Å². The fourth-order valence-electron chi connectivity index (χ4n) is 3.11. The molecule has 2 N–H and O–H groups in total. The van der Waals surface area contributed by atoms with Crippen LogP contribution in [-0.2, 0) is 18.4 Å². The lowest BCUT2D eigenvalue weighted by atomic mass is 10.1. The van der Waals surface area contributed by atoms with Gasteiger partial charge in [0.2, 0.25) is 5.91 Å². The van der Waals surface area contributed by atoms with E-state index in [-0.39, 0.29) is 19.1 Å². The summed E-state index contributed by atoms with van der Waals surface area (Å²) in [5.74, 6) is -0.176. The number of nitrogens with zero attached hydrogens (tertiary/aromatic N) is 1. The third-order valence-electron chi connectivity index (χ3n) is 5.13. The van der Waals surface area contributed by atoms with Crippen LogP contribution in [0.25, 0.3) is 0 Å². The lowest BCUT2D eigenvalue weighted by Crippen LogP contribution is -2.44. The highest BCUT2D eigenvalue weighted by Gasteiger charge is 2.23. The minimum atomic E-state index is -3.98. The summed E-state index contributed by atoms with van der Waals surface area (Å²) in [5, 5.41) is 2.74. The topological polar surface area (TPSA) is 84.9 Å². The van der Waals surface area contributed by atoms with E-state index >= 15 is 0 Å². The molecule has 0 aromatic rings. The van der Waals surface area contributed by atoms with E-state index in [4.69, 9.17) is 9.05 Å². The summed E-state index contributed by atoms with van der Waals surface area (Å²) in [6.07, 6.45) is 14.1. The van der Waals surface area contributed by atoms with Crippen LogP contribution in [0.5, 0.6) is 0 Å². The number of likely N-dealkylation sites (N-methyl/N-ethyl adjacent to an activating group) is 1. The van der Waals surface area contributed by atoms with Gasteiger partial charge in [0.25, 0.3) is 0 Å². The highest BCUT2D eigenvalue weighted by molar-refractivity contribution is 7.47. The second-order valence-corrected chi connectivity index (χ2v) is 10.0. The molecule has 0 heterocycles. The van der Waals surface area contributed by atoms with E-state index in [0.29, 0.717) is 17.6 Å². The first-order valence-corrected chi connectivity index (χ1v) is 13.1. The van der Waals surface area contributed by atoms with Gasteiger partial charge in [0.05, 0.1) is 27.2 Å². The molecule has 8 heteroatoms. The van der Waals surface area contributed by atoms with Crippen molar-refractivity contribution in [2.24, 2.45) is 0 Å². The highest BCUT2D eigenvalue weighted by atomic mass is 31.2. The van der Waals surface area contributed by atoms with Crippen LogP contribution in [0, 0.1) is 0 Å². The molecule has 1 amide bonds. The van der Waals surface area contributed by atoms with Crippen LogP contribution >= 0.6 is 7.82 Å². The van der Waals surface area contributed by atoms with Gasteiger partial charge in [0, 0.05) is 13.0 Å². The molecule has 7 nitrogen and oxygen atoms in total.